The maximum Gasteiger partial charge on any atom is 0.573 e. The molecule has 9 heteroatoms. The minimum absolute atomic E-state index is 0.166. The molecule has 3 N–H and O–H groups in total. The Kier molecular flexibility index (Phi) is 5.85. The molecule has 0 radical (unpaired) electrons. The molecule has 0 bridgehead atoms. The Labute approximate surface area is 117 Å². The van der Waals surface area contributed by atoms with Crippen LogP contribution in [0.15, 0.2) is 24.3 Å². The molecule has 3 nitrogen and oxygen atoms in total. The number of hydrogen-bond acceptors (Lipinski definition) is 3. The van der Waals surface area contributed by atoms with E-state index in [1.165, 1.54) is 12.1 Å². The molecule has 0 saturated carbocycles. The van der Waals surface area contributed by atoms with Gasteiger partial charge in [0.05, 0.1) is 0 Å². The highest BCUT2D eigenvalue weighted by Crippen LogP contribution is 2.25. The topological polar surface area (TPSA) is 47.3 Å². The van der Waals surface area contributed by atoms with Gasteiger partial charge in [-0.15, -0.1) is 13.2 Å². The van der Waals surface area contributed by atoms with Crippen molar-refractivity contribution < 1.29 is 31.1 Å². The predicted molar refractivity (Wildman–Crippen MR) is 63.2 cm³/mol. The van der Waals surface area contributed by atoms with E-state index in [2.05, 4.69) is 10.2 Å². The maximum absolute atomic E-state index is 12.1. The fraction of sp³-hybridized carbons (Fsp3) is 0.500. The van der Waals surface area contributed by atoms with Crippen LogP contribution >= 0.6 is 0 Å². The molecule has 1 unspecified atom stereocenters. The molecular weight excluding hydrogens is 302 g/mol. The molecule has 0 saturated heterocycles. The number of benzene rings is 1. The molecule has 0 fully saturated rings. The van der Waals surface area contributed by atoms with E-state index in [4.69, 9.17) is 5.84 Å². The lowest BCUT2D eigenvalue weighted by molar-refractivity contribution is -0.274. The van der Waals surface area contributed by atoms with Crippen molar-refractivity contribution in [1.82, 2.24) is 5.43 Å². The summed E-state index contributed by atoms with van der Waals surface area (Å²) in [6, 6.07) is 4.26. The molecule has 1 atom stereocenters. The summed E-state index contributed by atoms with van der Waals surface area (Å²) in [5, 5.41) is 0. The number of halogens is 6. The molecule has 1 aromatic carbocycles. The number of rotatable bonds is 6. The number of nitrogens with two attached hydrogens (primary N) is 1. The van der Waals surface area contributed by atoms with Crippen LogP contribution in [0.4, 0.5) is 26.3 Å². The first-order valence-corrected chi connectivity index (χ1v) is 5.96. The van der Waals surface area contributed by atoms with Crippen molar-refractivity contribution in [3.8, 4) is 5.75 Å². The van der Waals surface area contributed by atoms with E-state index in [0.29, 0.717) is 5.56 Å². The second-order valence-corrected chi connectivity index (χ2v) is 4.41. The third-order valence-electron chi connectivity index (χ3n) is 2.65. The molecule has 0 spiro atoms. The summed E-state index contributed by atoms with van der Waals surface area (Å²) in [6.45, 7) is 0. The largest absolute Gasteiger partial charge is 0.573 e. The van der Waals surface area contributed by atoms with Crippen molar-refractivity contribution in [2.45, 2.75) is 37.8 Å². The standard InChI is InChI=1S/C12H14F6N2O/c13-11(14,15)6-5-9(20-19)7-8-1-3-10(4-2-8)21-12(16,17)18/h1-4,9,20H,5-7,19H2. The van der Waals surface area contributed by atoms with Crippen molar-refractivity contribution in [3.63, 3.8) is 0 Å². The summed E-state index contributed by atoms with van der Waals surface area (Å²) in [6.07, 6.45) is -10.1. The highest BCUT2D eigenvalue weighted by molar-refractivity contribution is 5.27. The lowest BCUT2D eigenvalue weighted by Crippen LogP contribution is -2.37. The zero-order valence-electron chi connectivity index (χ0n) is 10.8. The van der Waals surface area contributed by atoms with E-state index in [-0.39, 0.29) is 12.8 Å². The predicted octanol–water partition coefficient (Wildman–Crippen LogP) is 3.30. The third kappa shape index (κ3) is 7.76. The minimum atomic E-state index is -4.78. The Balaban J connectivity index is 2.57. The summed E-state index contributed by atoms with van der Waals surface area (Å²) in [5.41, 5.74) is 2.82. The molecule has 0 aliphatic rings. The zero-order valence-corrected chi connectivity index (χ0v) is 10.8. The van der Waals surface area contributed by atoms with Gasteiger partial charge in [-0.2, -0.15) is 13.2 Å². The average Bonchev–Trinajstić information content (AvgIpc) is 2.33. The normalized spacial score (nSPS) is 14.0. The molecule has 0 amide bonds. The summed E-state index contributed by atoms with van der Waals surface area (Å²) >= 11 is 0. The number of hydrogen-bond donors (Lipinski definition) is 2. The first-order valence-electron chi connectivity index (χ1n) is 5.96. The van der Waals surface area contributed by atoms with Gasteiger partial charge in [0, 0.05) is 12.5 Å². The molecule has 1 aromatic rings. The molecule has 21 heavy (non-hydrogen) atoms. The van der Waals surface area contributed by atoms with Crippen molar-refractivity contribution >= 4 is 0 Å². The van der Waals surface area contributed by atoms with Gasteiger partial charge in [0.2, 0.25) is 0 Å². The molecule has 0 aromatic heterocycles. The fourth-order valence-corrected chi connectivity index (χ4v) is 1.69. The summed E-state index contributed by atoms with van der Waals surface area (Å²) in [7, 11) is 0. The quantitative estimate of drug-likeness (QED) is 0.481. The Morgan fingerprint density at radius 3 is 2.05 bits per heavy atom. The lowest BCUT2D eigenvalue weighted by Gasteiger charge is -2.17. The van der Waals surface area contributed by atoms with Gasteiger partial charge in [-0.05, 0) is 30.5 Å². The van der Waals surface area contributed by atoms with Crippen LogP contribution in [-0.4, -0.2) is 18.6 Å². The van der Waals surface area contributed by atoms with Crippen molar-refractivity contribution in [2.75, 3.05) is 0 Å². The van der Waals surface area contributed by atoms with Gasteiger partial charge in [0.15, 0.2) is 0 Å². The van der Waals surface area contributed by atoms with E-state index >= 15 is 0 Å². The zero-order chi connectivity index (χ0) is 16.1. The van der Waals surface area contributed by atoms with Crippen LogP contribution in [0, 0.1) is 0 Å². The monoisotopic (exact) mass is 316 g/mol. The summed E-state index contributed by atoms with van der Waals surface area (Å²) in [5.74, 6) is 4.78. The Bertz CT molecular complexity index is 429. The van der Waals surface area contributed by atoms with Crippen molar-refractivity contribution in [1.29, 1.82) is 0 Å². The van der Waals surface area contributed by atoms with E-state index < -0.39 is 30.8 Å². The molecule has 1 rings (SSSR count). The van der Waals surface area contributed by atoms with E-state index in [0.717, 1.165) is 12.1 Å². The second-order valence-electron chi connectivity index (χ2n) is 4.41. The van der Waals surface area contributed by atoms with Crippen LogP contribution in [0.1, 0.15) is 18.4 Å². The van der Waals surface area contributed by atoms with Crippen LogP contribution in [0.3, 0.4) is 0 Å². The van der Waals surface area contributed by atoms with Crippen LogP contribution in [0.5, 0.6) is 5.75 Å². The van der Waals surface area contributed by atoms with Gasteiger partial charge in [-0.1, -0.05) is 12.1 Å². The molecule has 120 valence electrons. The number of alkyl halides is 6. The van der Waals surface area contributed by atoms with E-state index in [1.54, 1.807) is 0 Å². The van der Waals surface area contributed by atoms with Gasteiger partial charge in [0.25, 0.3) is 0 Å². The smallest absolute Gasteiger partial charge is 0.406 e. The highest BCUT2D eigenvalue weighted by Gasteiger charge is 2.31. The van der Waals surface area contributed by atoms with Gasteiger partial charge < -0.3 is 4.74 Å². The van der Waals surface area contributed by atoms with Crippen LogP contribution in [0.25, 0.3) is 0 Å². The van der Waals surface area contributed by atoms with Crippen LogP contribution in [-0.2, 0) is 6.42 Å². The number of hydrazine groups is 1. The molecule has 0 aliphatic carbocycles. The van der Waals surface area contributed by atoms with Crippen LogP contribution < -0.4 is 16.0 Å². The maximum atomic E-state index is 12.1. The number of nitrogens with one attached hydrogen (secondary N) is 1. The van der Waals surface area contributed by atoms with Gasteiger partial charge in [0.1, 0.15) is 5.75 Å². The van der Waals surface area contributed by atoms with Crippen molar-refractivity contribution in [2.24, 2.45) is 5.84 Å². The Morgan fingerprint density at radius 1 is 1.05 bits per heavy atom. The number of ether oxygens (including phenoxy) is 1. The van der Waals surface area contributed by atoms with Gasteiger partial charge in [-0.3, -0.25) is 11.3 Å². The van der Waals surface area contributed by atoms with Crippen LogP contribution in [0.2, 0.25) is 0 Å². The first-order chi connectivity index (χ1) is 9.59. The van der Waals surface area contributed by atoms with Gasteiger partial charge >= 0.3 is 12.5 Å². The Hall–Kier alpha value is -1.48. The molecular formula is C12H14F6N2O. The summed E-state index contributed by atoms with van der Waals surface area (Å²) in [4.78, 5) is 0. The highest BCUT2D eigenvalue weighted by atomic mass is 19.4. The SMILES string of the molecule is NNC(CCC(F)(F)F)Cc1ccc(OC(F)(F)F)cc1. The third-order valence-corrected chi connectivity index (χ3v) is 2.65. The molecule has 0 heterocycles. The van der Waals surface area contributed by atoms with E-state index in [1.807, 2.05) is 0 Å². The fourth-order valence-electron chi connectivity index (χ4n) is 1.69. The summed E-state index contributed by atoms with van der Waals surface area (Å²) < 4.78 is 75.9. The first kappa shape index (κ1) is 17.6. The lowest BCUT2D eigenvalue weighted by atomic mass is 10.0. The van der Waals surface area contributed by atoms with Crippen molar-refractivity contribution in [3.05, 3.63) is 29.8 Å². The molecule has 0 aliphatic heterocycles. The Morgan fingerprint density at radius 2 is 1.62 bits per heavy atom. The minimum Gasteiger partial charge on any atom is -0.406 e. The average molecular weight is 316 g/mol. The van der Waals surface area contributed by atoms with Gasteiger partial charge in [-0.25, -0.2) is 0 Å². The van der Waals surface area contributed by atoms with E-state index in [9.17, 15) is 26.3 Å². The second kappa shape index (κ2) is 6.99.